The Labute approximate surface area is 173 Å². The van der Waals surface area contributed by atoms with Gasteiger partial charge in [0.2, 0.25) is 17.2 Å². The Balaban J connectivity index is 1.85. The van der Waals surface area contributed by atoms with Crippen molar-refractivity contribution in [2.24, 2.45) is 0 Å². The molecule has 0 aliphatic heterocycles. The second-order valence-corrected chi connectivity index (χ2v) is 8.39. The number of aryl methyl sites for hydroxylation is 1. The van der Waals surface area contributed by atoms with Gasteiger partial charge in [-0.25, -0.2) is 0 Å². The van der Waals surface area contributed by atoms with E-state index in [4.69, 9.17) is 11.6 Å². The van der Waals surface area contributed by atoms with Crippen LogP contribution in [0.15, 0.2) is 52.3 Å². The second-order valence-electron chi connectivity index (χ2n) is 5.72. The van der Waals surface area contributed by atoms with E-state index in [1.165, 1.54) is 37.3 Å². The predicted octanol–water partition coefficient (Wildman–Crippen LogP) is 2.81. The molecule has 1 unspecified atom stereocenters. The zero-order valence-electron chi connectivity index (χ0n) is 14.7. The van der Waals surface area contributed by atoms with E-state index in [2.05, 4.69) is 25.6 Å². The number of hydrogen-bond donors (Lipinski definition) is 3. The standard InChI is InChI=1S/C16H14ClN5O5S2/c1-9-7-11(5-6-13(9)29(25,26)27)19-16-21-14(17)20-15(22-16)18-10-3-2-4-12(8-10)28(23)24/h2-8H,1H3,(H,23,24)(H,25,26,27)(H2,18,19,20,21,22)/p-1. The molecule has 1 aromatic heterocycles. The third-order valence-corrected chi connectivity index (χ3v) is 5.42. The summed E-state index contributed by atoms with van der Waals surface area (Å²) in [7, 11) is -4.32. The summed E-state index contributed by atoms with van der Waals surface area (Å²) >= 11 is 3.54. The van der Waals surface area contributed by atoms with E-state index >= 15 is 0 Å². The first-order valence-electron chi connectivity index (χ1n) is 7.85. The van der Waals surface area contributed by atoms with Gasteiger partial charge >= 0.3 is 0 Å². The van der Waals surface area contributed by atoms with Gasteiger partial charge in [0.05, 0.1) is 4.90 Å². The molecule has 3 aromatic rings. The van der Waals surface area contributed by atoms with Crippen molar-refractivity contribution in [2.45, 2.75) is 16.7 Å². The van der Waals surface area contributed by atoms with Crippen molar-refractivity contribution in [3.8, 4) is 0 Å². The first kappa shape index (κ1) is 21.1. The zero-order chi connectivity index (χ0) is 21.2. The molecule has 0 fully saturated rings. The average molecular weight is 455 g/mol. The second kappa shape index (κ2) is 8.39. The monoisotopic (exact) mass is 454 g/mol. The van der Waals surface area contributed by atoms with Crippen LogP contribution < -0.4 is 10.6 Å². The fourth-order valence-corrected chi connectivity index (χ4v) is 3.69. The fraction of sp³-hybridized carbons (Fsp3) is 0.0625. The maximum absolute atomic E-state index is 11.3. The molecule has 0 saturated carbocycles. The van der Waals surface area contributed by atoms with Crippen molar-refractivity contribution >= 4 is 56.1 Å². The number of hydrogen-bond acceptors (Lipinski definition) is 9. The van der Waals surface area contributed by atoms with Crippen molar-refractivity contribution in [3.05, 3.63) is 53.3 Å². The SMILES string of the molecule is Cc1cc(Nc2nc(Cl)nc(Nc3cccc(S(=O)[O-])c3)n2)ccc1S(=O)(=O)O. The lowest BCUT2D eigenvalue weighted by Gasteiger charge is -2.11. The van der Waals surface area contributed by atoms with E-state index in [1.807, 2.05) is 0 Å². The quantitative estimate of drug-likeness (QED) is 0.373. The lowest BCUT2D eigenvalue weighted by atomic mass is 10.2. The van der Waals surface area contributed by atoms with Gasteiger partial charge in [0.15, 0.2) is 0 Å². The molecular weight excluding hydrogens is 442 g/mol. The van der Waals surface area contributed by atoms with Crippen molar-refractivity contribution in [3.63, 3.8) is 0 Å². The molecule has 29 heavy (non-hydrogen) atoms. The maximum Gasteiger partial charge on any atom is 0.294 e. The Kier molecular flexibility index (Phi) is 6.10. The number of nitrogens with zero attached hydrogens (tertiary/aromatic N) is 3. The molecule has 2 aromatic carbocycles. The van der Waals surface area contributed by atoms with Gasteiger partial charge in [-0.2, -0.15) is 23.4 Å². The minimum Gasteiger partial charge on any atom is -0.768 e. The van der Waals surface area contributed by atoms with Crippen molar-refractivity contribution in [1.29, 1.82) is 0 Å². The van der Waals surface area contributed by atoms with E-state index in [0.717, 1.165) is 0 Å². The van der Waals surface area contributed by atoms with Crippen LogP contribution in [0.4, 0.5) is 23.3 Å². The van der Waals surface area contributed by atoms with E-state index in [-0.39, 0.29) is 27.0 Å². The highest BCUT2D eigenvalue weighted by molar-refractivity contribution is 7.85. The van der Waals surface area contributed by atoms with Gasteiger partial charge in [-0.15, -0.1) is 0 Å². The van der Waals surface area contributed by atoms with Gasteiger partial charge in [0, 0.05) is 16.3 Å². The van der Waals surface area contributed by atoms with Crippen molar-refractivity contribution in [1.82, 2.24) is 15.0 Å². The maximum atomic E-state index is 11.3. The van der Waals surface area contributed by atoms with Crippen LogP contribution in [-0.2, 0) is 21.2 Å². The summed E-state index contributed by atoms with van der Waals surface area (Å²) in [5.41, 5.74) is 1.19. The minimum absolute atomic E-state index is 0.0626. The van der Waals surface area contributed by atoms with Crippen LogP contribution in [0.1, 0.15) is 5.56 Å². The van der Waals surface area contributed by atoms with E-state index in [0.29, 0.717) is 16.9 Å². The molecule has 0 radical (unpaired) electrons. The van der Waals surface area contributed by atoms with E-state index in [1.54, 1.807) is 12.1 Å². The van der Waals surface area contributed by atoms with Crippen molar-refractivity contribution < 1.29 is 21.7 Å². The van der Waals surface area contributed by atoms with Crippen LogP contribution in [-0.4, -0.2) is 36.7 Å². The van der Waals surface area contributed by atoms with Crippen LogP contribution in [0.25, 0.3) is 0 Å². The van der Waals surface area contributed by atoms with Gasteiger partial charge in [-0.1, -0.05) is 6.07 Å². The average Bonchev–Trinajstić information content (AvgIpc) is 2.60. The number of halogens is 1. The molecule has 3 N–H and O–H groups in total. The van der Waals surface area contributed by atoms with Crippen LogP contribution >= 0.6 is 11.6 Å². The smallest absolute Gasteiger partial charge is 0.294 e. The highest BCUT2D eigenvalue weighted by Gasteiger charge is 2.14. The summed E-state index contributed by atoms with van der Waals surface area (Å²) in [6, 6.07) is 10.2. The molecular formula is C16H13ClN5O5S2-. The Morgan fingerprint density at radius 1 is 1.03 bits per heavy atom. The highest BCUT2D eigenvalue weighted by atomic mass is 35.5. The highest BCUT2D eigenvalue weighted by Crippen LogP contribution is 2.23. The van der Waals surface area contributed by atoms with Gasteiger partial charge in [-0.3, -0.25) is 8.76 Å². The fourth-order valence-electron chi connectivity index (χ4n) is 2.41. The van der Waals surface area contributed by atoms with E-state index < -0.39 is 21.2 Å². The summed E-state index contributed by atoms with van der Waals surface area (Å²) in [6.07, 6.45) is 0. The van der Waals surface area contributed by atoms with Crippen LogP contribution in [0, 0.1) is 6.92 Å². The van der Waals surface area contributed by atoms with Crippen LogP contribution in [0.5, 0.6) is 0 Å². The third-order valence-electron chi connectivity index (χ3n) is 3.60. The molecule has 152 valence electrons. The molecule has 3 rings (SSSR count). The van der Waals surface area contributed by atoms with Crippen molar-refractivity contribution in [2.75, 3.05) is 10.6 Å². The topological polar surface area (TPSA) is 157 Å². The zero-order valence-corrected chi connectivity index (χ0v) is 17.0. The Morgan fingerprint density at radius 2 is 1.66 bits per heavy atom. The molecule has 10 nitrogen and oxygen atoms in total. The Hall–Kier alpha value is -2.64. The Bertz CT molecular complexity index is 1210. The van der Waals surface area contributed by atoms with Crippen LogP contribution in [0.2, 0.25) is 5.28 Å². The predicted molar refractivity (Wildman–Crippen MR) is 106 cm³/mol. The number of anilines is 4. The number of benzene rings is 2. The molecule has 1 atom stereocenters. The summed E-state index contributed by atoms with van der Waals surface area (Å²) in [6.45, 7) is 1.52. The first-order valence-corrected chi connectivity index (χ1v) is 10.7. The van der Waals surface area contributed by atoms with Crippen LogP contribution in [0.3, 0.4) is 0 Å². The van der Waals surface area contributed by atoms with Gasteiger partial charge in [0.1, 0.15) is 0 Å². The summed E-state index contributed by atoms with van der Waals surface area (Å²) in [5, 5.41) is 5.57. The summed E-state index contributed by atoms with van der Waals surface area (Å²) in [5.74, 6) is 0.127. The third kappa shape index (κ3) is 5.46. The molecule has 0 bridgehead atoms. The number of nitrogens with one attached hydrogen (secondary N) is 2. The van der Waals surface area contributed by atoms with E-state index in [9.17, 15) is 21.7 Å². The van der Waals surface area contributed by atoms with Gasteiger partial charge in [-0.05, 0) is 71.6 Å². The van der Waals surface area contributed by atoms with Gasteiger partial charge in [0.25, 0.3) is 10.1 Å². The molecule has 1 heterocycles. The molecule has 0 aliphatic rings. The lowest BCUT2D eigenvalue weighted by molar-refractivity contribution is 0.482. The molecule has 0 aliphatic carbocycles. The lowest BCUT2D eigenvalue weighted by Crippen LogP contribution is -2.05. The summed E-state index contributed by atoms with van der Waals surface area (Å²) < 4.78 is 53.9. The summed E-state index contributed by atoms with van der Waals surface area (Å²) in [4.78, 5) is 11.9. The molecule has 0 spiro atoms. The number of rotatable bonds is 6. The molecule has 0 saturated heterocycles. The number of aromatic nitrogens is 3. The molecule has 0 amide bonds. The van der Waals surface area contributed by atoms with Gasteiger partial charge < -0.3 is 15.2 Å². The minimum atomic E-state index is -4.32. The normalized spacial score (nSPS) is 12.4. The largest absolute Gasteiger partial charge is 0.768 e. The molecule has 13 heteroatoms. The Morgan fingerprint density at radius 3 is 2.21 bits per heavy atom. The first-order chi connectivity index (χ1) is 13.6.